The summed E-state index contributed by atoms with van der Waals surface area (Å²) in [6.07, 6.45) is 3.16. The molecule has 1 fully saturated rings. The molecule has 0 spiro atoms. The molecule has 0 saturated carbocycles. The van der Waals surface area contributed by atoms with E-state index in [0.717, 1.165) is 49.1 Å². The van der Waals surface area contributed by atoms with Gasteiger partial charge in [-0.1, -0.05) is 45.0 Å². The monoisotopic (exact) mass is 838 g/mol. The number of nitrogens with one attached hydrogen (secondary N) is 5. The molecule has 0 aliphatic carbocycles. The van der Waals surface area contributed by atoms with Crippen LogP contribution in [0.3, 0.4) is 0 Å². The maximum absolute atomic E-state index is 13.5. The Hall–Kier alpha value is -5.94. The number of rotatable bonds is 16. The predicted octanol–water partition coefficient (Wildman–Crippen LogP) is 6.77. The fourth-order valence-corrected chi connectivity index (χ4v) is 7.39. The summed E-state index contributed by atoms with van der Waals surface area (Å²) in [7, 11) is 1.66. The smallest absolute Gasteiger partial charge is 0.323 e. The third kappa shape index (κ3) is 11.2. The molecule has 0 bridgehead atoms. The van der Waals surface area contributed by atoms with Crippen molar-refractivity contribution in [1.29, 1.82) is 0 Å². The van der Waals surface area contributed by atoms with E-state index in [0.29, 0.717) is 70.2 Å². The molecular formula is C44H54N8O7S. The number of carbonyl (C=O) groups is 2. The molecule has 318 valence electrons. The number of fused-ring (bicyclic) bond motifs is 1. The Balaban J connectivity index is 1.11. The van der Waals surface area contributed by atoms with Gasteiger partial charge in [0.1, 0.15) is 34.1 Å². The number of nitrogens with zero attached hydrogens (tertiary/aromatic N) is 3. The first-order valence-electron chi connectivity index (χ1n) is 19.7. The second-order valence-corrected chi connectivity index (χ2v) is 16.4. The number of piperazine rings is 1. The molecule has 1 aliphatic heterocycles. The summed E-state index contributed by atoms with van der Waals surface area (Å²) in [6.45, 7) is 11.9. The highest BCUT2D eigenvalue weighted by Crippen LogP contribution is 2.40. The molecule has 60 heavy (non-hydrogen) atoms. The van der Waals surface area contributed by atoms with Gasteiger partial charge in [0.2, 0.25) is 0 Å². The summed E-state index contributed by atoms with van der Waals surface area (Å²) >= 11 is 0. The highest BCUT2D eigenvalue weighted by molar-refractivity contribution is 7.85. The quantitative estimate of drug-likeness (QED) is 0.0618. The van der Waals surface area contributed by atoms with Crippen LogP contribution >= 0.6 is 0 Å². The van der Waals surface area contributed by atoms with Gasteiger partial charge in [0.05, 0.1) is 43.5 Å². The minimum Gasteiger partial charge on any atom is -0.496 e. The lowest BCUT2D eigenvalue weighted by Crippen LogP contribution is -2.49. The average molecular weight is 839 g/mol. The van der Waals surface area contributed by atoms with E-state index in [4.69, 9.17) is 14.2 Å². The summed E-state index contributed by atoms with van der Waals surface area (Å²) < 4.78 is 32.7. The van der Waals surface area contributed by atoms with Gasteiger partial charge >= 0.3 is 6.03 Å². The number of benzene rings is 4. The van der Waals surface area contributed by atoms with Gasteiger partial charge in [-0.25, -0.2) is 14.0 Å². The van der Waals surface area contributed by atoms with E-state index >= 15 is 0 Å². The van der Waals surface area contributed by atoms with Crippen LogP contribution in [0.5, 0.6) is 23.0 Å². The molecule has 16 heteroatoms. The van der Waals surface area contributed by atoms with Gasteiger partial charge in [-0.15, -0.1) is 0 Å². The normalized spacial score (nSPS) is 13.9. The first-order valence-corrected chi connectivity index (χ1v) is 21.3. The summed E-state index contributed by atoms with van der Waals surface area (Å²) in [5.74, 6) is 2.17. The van der Waals surface area contributed by atoms with Crippen LogP contribution in [-0.2, 0) is 16.4 Å². The lowest BCUT2D eigenvalue weighted by molar-refractivity contribution is 0.0923. The van der Waals surface area contributed by atoms with Crippen LogP contribution in [0.15, 0.2) is 85.1 Å². The summed E-state index contributed by atoms with van der Waals surface area (Å²) in [5, 5.41) is 22.9. The molecule has 1 saturated heterocycles. The van der Waals surface area contributed by atoms with Gasteiger partial charge in [-0.2, -0.15) is 0 Å². The van der Waals surface area contributed by atoms with Crippen LogP contribution in [-0.4, -0.2) is 109 Å². The molecule has 3 amide bonds. The van der Waals surface area contributed by atoms with Gasteiger partial charge in [-0.3, -0.25) is 14.6 Å². The fourth-order valence-electron chi connectivity index (χ4n) is 6.93. The molecule has 2 heterocycles. The maximum Gasteiger partial charge on any atom is 0.323 e. The number of amides is 3. The minimum atomic E-state index is -1.37. The van der Waals surface area contributed by atoms with Crippen molar-refractivity contribution in [2.24, 2.45) is 0 Å². The molecule has 5 aromatic rings. The number of β-amino-alcohol motifs (C(OH)–C–C–N with tert-alkyl or cyclic N) is 1. The Bertz CT molecular complexity index is 2330. The van der Waals surface area contributed by atoms with Crippen molar-refractivity contribution >= 4 is 62.3 Å². The van der Waals surface area contributed by atoms with E-state index < -0.39 is 17.0 Å². The third-order valence-corrected chi connectivity index (χ3v) is 10.6. The molecular weight excluding hydrogens is 785 g/mol. The molecule has 1 unspecified atom stereocenters. The fraction of sp³-hybridized carbons (Fsp3) is 0.341. The second kappa shape index (κ2) is 19.9. The lowest BCUT2D eigenvalue weighted by Gasteiger charge is -2.34. The molecule has 6 rings (SSSR count). The van der Waals surface area contributed by atoms with Crippen LogP contribution in [0.25, 0.3) is 10.8 Å². The SMILES string of the molecule is COc1cc(Nc2cc(Oc3ccc(NC(=O)Nc4cc(C(C)(C)C)cc(NS(C)=O)c4OC)c4ccccc34)ccn2)ccc1C(=O)NCCN1CCN(CCO)CC1. The number of pyridine rings is 1. The number of hydrogen-bond acceptors (Lipinski definition) is 11. The van der Waals surface area contributed by atoms with Crippen LogP contribution < -0.4 is 40.2 Å². The van der Waals surface area contributed by atoms with E-state index in [2.05, 4.69) is 61.5 Å². The van der Waals surface area contributed by atoms with Crippen molar-refractivity contribution in [1.82, 2.24) is 20.1 Å². The highest BCUT2D eigenvalue weighted by Gasteiger charge is 2.22. The zero-order chi connectivity index (χ0) is 42.8. The van der Waals surface area contributed by atoms with Gasteiger partial charge in [0, 0.05) is 86.9 Å². The van der Waals surface area contributed by atoms with Gasteiger partial charge < -0.3 is 45.3 Å². The highest BCUT2D eigenvalue weighted by atomic mass is 32.2. The Morgan fingerprint density at radius 3 is 2.20 bits per heavy atom. The standard InChI is InChI=1S/C44H54N8O7S/c1-44(2,3)29-25-36(41(58-5)37(26-29)50-60(6)56)49-43(55)48-35-13-14-38(33-10-8-7-9-32(33)35)59-31-15-16-45-40(28-31)47-30-11-12-34(39(27-30)57-4)42(54)46-17-18-51-19-21-52(22-20-51)23-24-53/h7-16,25-28,50,53H,17-24H2,1-6H3,(H,45,47)(H,46,54)(H2,48,49,55). The van der Waals surface area contributed by atoms with E-state index in [-0.39, 0.29) is 17.9 Å². The second-order valence-electron chi connectivity index (χ2n) is 15.3. The van der Waals surface area contributed by atoms with E-state index in [9.17, 15) is 18.9 Å². The lowest BCUT2D eigenvalue weighted by atomic mass is 9.86. The summed E-state index contributed by atoms with van der Waals surface area (Å²) in [5.41, 5.74) is 3.24. The Morgan fingerprint density at radius 1 is 0.817 bits per heavy atom. The number of methoxy groups -OCH3 is 2. The van der Waals surface area contributed by atoms with Crippen molar-refractivity contribution in [2.75, 3.05) is 93.6 Å². The number of aliphatic hydroxyl groups is 1. The number of urea groups is 1. The van der Waals surface area contributed by atoms with Gasteiger partial charge in [0.15, 0.2) is 5.75 Å². The Kier molecular flexibility index (Phi) is 14.5. The minimum absolute atomic E-state index is 0.166. The first-order chi connectivity index (χ1) is 28.8. The van der Waals surface area contributed by atoms with E-state index in [1.54, 1.807) is 48.7 Å². The van der Waals surface area contributed by atoms with E-state index in [1.165, 1.54) is 20.5 Å². The third-order valence-electron chi connectivity index (χ3n) is 10.1. The number of aliphatic hydroxyl groups excluding tert-OH is 1. The van der Waals surface area contributed by atoms with Gasteiger partial charge in [0.25, 0.3) is 5.91 Å². The van der Waals surface area contributed by atoms with Crippen LogP contribution in [0.1, 0.15) is 36.7 Å². The molecule has 1 atom stereocenters. The van der Waals surface area contributed by atoms with Crippen molar-refractivity contribution in [3.05, 3.63) is 96.2 Å². The molecule has 1 aromatic heterocycles. The zero-order valence-electron chi connectivity index (χ0n) is 34.9. The topological polar surface area (TPSA) is 179 Å². The van der Waals surface area contributed by atoms with Crippen LogP contribution in [0, 0.1) is 0 Å². The first kappa shape index (κ1) is 43.6. The largest absolute Gasteiger partial charge is 0.496 e. The maximum atomic E-state index is 13.5. The van der Waals surface area contributed by atoms with Crippen molar-refractivity contribution in [3.8, 4) is 23.0 Å². The zero-order valence-corrected chi connectivity index (χ0v) is 35.7. The average Bonchev–Trinajstić information content (AvgIpc) is 3.22. The van der Waals surface area contributed by atoms with Crippen molar-refractivity contribution < 1.29 is 33.1 Å². The number of anilines is 5. The molecule has 1 aliphatic rings. The number of ether oxygens (including phenoxy) is 3. The molecule has 6 N–H and O–H groups in total. The van der Waals surface area contributed by atoms with Crippen molar-refractivity contribution in [3.63, 3.8) is 0 Å². The molecule has 15 nitrogen and oxygen atoms in total. The van der Waals surface area contributed by atoms with Crippen LogP contribution in [0.2, 0.25) is 0 Å². The van der Waals surface area contributed by atoms with E-state index in [1.807, 2.05) is 36.4 Å². The van der Waals surface area contributed by atoms with Crippen LogP contribution in [0.4, 0.5) is 33.4 Å². The summed E-state index contributed by atoms with van der Waals surface area (Å²) in [4.78, 5) is 35.6. The number of aromatic nitrogens is 1. The predicted molar refractivity (Wildman–Crippen MR) is 239 cm³/mol. The van der Waals surface area contributed by atoms with Crippen molar-refractivity contribution in [2.45, 2.75) is 26.2 Å². The number of carbonyl (C=O) groups excluding carboxylic acids is 2. The molecule has 4 aromatic carbocycles. The summed E-state index contributed by atoms with van der Waals surface area (Å²) in [6, 6.07) is 23.2. The Morgan fingerprint density at radius 2 is 1.52 bits per heavy atom. The Labute approximate surface area is 353 Å². The molecule has 0 radical (unpaired) electrons. The number of hydrogen-bond donors (Lipinski definition) is 6. The van der Waals surface area contributed by atoms with Gasteiger partial charge in [-0.05, 0) is 53.4 Å².